The second-order valence-electron chi connectivity index (χ2n) is 13.5. The Labute approximate surface area is 327 Å². The van der Waals surface area contributed by atoms with Crippen LogP contribution in [0.15, 0.2) is 218 Å². The van der Waals surface area contributed by atoms with Gasteiger partial charge >= 0.3 is 0 Å². The van der Waals surface area contributed by atoms with Crippen molar-refractivity contribution in [2.45, 2.75) is 11.2 Å². The summed E-state index contributed by atoms with van der Waals surface area (Å²) in [6.45, 7) is 0. The molecule has 1 aliphatic rings. The van der Waals surface area contributed by atoms with Gasteiger partial charge in [-0.1, -0.05) is 115 Å². The number of hydrogen-bond donors (Lipinski definition) is 0. The lowest BCUT2D eigenvalue weighted by molar-refractivity contribution is 0.829. The van der Waals surface area contributed by atoms with Gasteiger partial charge in [-0.2, -0.15) is 0 Å². The van der Waals surface area contributed by atoms with E-state index in [-0.39, 0.29) is 11.2 Å². The molecule has 0 radical (unpaired) electrons. The summed E-state index contributed by atoms with van der Waals surface area (Å²) in [5.41, 5.74) is 13.8. The Hall–Kier alpha value is -6.69. The molecular weight excluding hydrogens is 689 g/mol. The fraction of sp³-hybridized carbons (Fsp3) is 0.0400. The SMILES string of the molecule is C1=CC(c2ccc(N(c3ccc(-c4ccccc4)cc3)c3cccnc3)cc2)C(c2ccc(N(c3ccc(-c4ccccc4)cc3)c3cccnc3)cc2)S1. The minimum Gasteiger partial charge on any atom is -0.309 e. The Morgan fingerprint density at radius 1 is 0.364 bits per heavy atom. The summed E-state index contributed by atoms with van der Waals surface area (Å²) in [6.07, 6.45) is 9.82. The molecule has 0 amide bonds. The summed E-state index contributed by atoms with van der Waals surface area (Å²) < 4.78 is 0. The van der Waals surface area contributed by atoms with E-state index in [2.05, 4.69) is 201 Å². The summed E-state index contributed by atoms with van der Waals surface area (Å²) in [4.78, 5) is 13.4. The molecule has 264 valence electrons. The van der Waals surface area contributed by atoms with Crippen molar-refractivity contribution in [1.82, 2.24) is 9.97 Å². The van der Waals surface area contributed by atoms with Gasteiger partial charge < -0.3 is 9.80 Å². The molecule has 2 aromatic heterocycles. The van der Waals surface area contributed by atoms with Crippen LogP contribution in [-0.4, -0.2) is 9.97 Å². The van der Waals surface area contributed by atoms with Crippen LogP contribution in [-0.2, 0) is 0 Å². The van der Waals surface area contributed by atoms with E-state index < -0.39 is 0 Å². The van der Waals surface area contributed by atoms with Gasteiger partial charge in [-0.3, -0.25) is 9.97 Å². The minimum atomic E-state index is 0.252. The third kappa shape index (κ3) is 7.30. The van der Waals surface area contributed by atoms with E-state index in [1.807, 2.05) is 48.7 Å². The largest absolute Gasteiger partial charge is 0.309 e. The van der Waals surface area contributed by atoms with Crippen LogP contribution < -0.4 is 9.80 Å². The molecule has 0 N–H and O–H groups in total. The molecule has 6 aromatic carbocycles. The van der Waals surface area contributed by atoms with E-state index >= 15 is 0 Å². The van der Waals surface area contributed by atoms with E-state index in [4.69, 9.17) is 0 Å². The van der Waals surface area contributed by atoms with Gasteiger partial charge in [0.1, 0.15) is 0 Å². The van der Waals surface area contributed by atoms with Gasteiger partial charge in [0.25, 0.3) is 0 Å². The van der Waals surface area contributed by atoms with Crippen molar-refractivity contribution in [1.29, 1.82) is 0 Å². The van der Waals surface area contributed by atoms with Crippen molar-refractivity contribution < 1.29 is 0 Å². The zero-order chi connectivity index (χ0) is 36.8. The first kappa shape index (κ1) is 34.1. The third-order valence-corrected chi connectivity index (χ3v) is 11.3. The number of nitrogens with zero attached hydrogens (tertiary/aromatic N) is 4. The molecular formula is C50H38N4S. The first-order chi connectivity index (χ1) is 27.3. The topological polar surface area (TPSA) is 32.3 Å². The number of benzene rings is 6. The first-order valence-electron chi connectivity index (χ1n) is 18.5. The molecule has 4 nitrogen and oxygen atoms in total. The van der Waals surface area contributed by atoms with Crippen molar-refractivity contribution in [3.63, 3.8) is 0 Å². The maximum absolute atomic E-state index is 4.45. The van der Waals surface area contributed by atoms with Gasteiger partial charge in [0, 0.05) is 46.3 Å². The minimum absolute atomic E-state index is 0.252. The molecule has 0 spiro atoms. The summed E-state index contributed by atoms with van der Waals surface area (Å²) in [5, 5.41) is 2.53. The Kier molecular flexibility index (Phi) is 9.75. The number of aromatic nitrogens is 2. The zero-order valence-corrected chi connectivity index (χ0v) is 31.0. The molecule has 0 bridgehead atoms. The molecule has 0 aliphatic carbocycles. The highest BCUT2D eigenvalue weighted by atomic mass is 32.2. The predicted molar refractivity (Wildman–Crippen MR) is 231 cm³/mol. The number of pyridine rings is 2. The average Bonchev–Trinajstić information content (AvgIpc) is 3.77. The van der Waals surface area contributed by atoms with Gasteiger partial charge in [0.2, 0.25) is 0 Å². The highest BCUT2D eigenvalue weighted by Crippen LogP contribution is 2.49. The molecule has 0 fully saturated rings. The van der Waals surface area contributed by atoms with E-state index in [1.165, 1.54) is 33.4 Å². The van der Waals surface area contributed by atoms with Gasteiger partial charge in [-0.15, -0.1) is 11.8 Å². The van der Waals surface area contributed by atoms with E-state index in [0.717, 1.165) is 34.1 Å². The van der Waals surface area contributed by atoms with Crippen LogP contribution in [0.2, 0.25) is 0 Å². The van der Waals surface area contributed by atoms with Gasteiger partial charge in [0.05, 0.1) is 23.8 Å². The molecule has 1 aliphatic heterocycles. The predicted octanol–water partition coefficient (Wildman–Crippen LogP) is 13.8. The zero-order valence-electron chi connectivity index (χ0n) is 30.1. The van der Waals surface area contributed by atoms with Crippen LogP contribution in [0.5, 0.6) is 0 Å². The van der Waals surface area contributed by atoms with Crippen LogP contribution in [0.25, 0.3) is 22.3 Å². The van der Waals surface area contributed by atoms with Gasteiger partial charge in [-0.05, 0) is 112 Å². The Bertz CT molecular complexity index is 2470. The van der Waals surface area contributed by atoms with Crippen LogP contribution >= 0.6 is 11.8 Å². The number of allylic oxidation sites excluding steroid dienone is 1. The van der Waals surface area contributed by atoms with Crippen LogP contribution in [0.1, 0.15) is 22.3 Å². The summed E-state index contributed by atoms with van der Waals surface area (Å²) in [7, 11) is 0. The maximum Gasteiger partial charge on any atom is 0.0644 e. The molecule has 8 aromatic rings. The van der Waals surface area contributed by atoms with Crippen molar-refractivity contribution >= 4 is 45.9 Å². The standard InChI is InChI=1S/C50H38N4S/c1-3-9-37(10-4-1)39-15-23-43(24-16-39)53(47-13-7-32-51-35-47)45-27-19-41(20-28-45)49-31-34-55-50(49)42-21-29-46(30-22-42)54(48-14-8-33-52-36-48)44-25-17-40(18-26-44)38-11-5-2-6-12-38/h1-36,49-50H. The molecule has 2 unspecified atom stereocenters. The van der Waals surface area contributed by atoms with Crippen molar-refractivity contribution in [3.8, 4) is 22.3 Å². The second-order valence-corrected chi connectivity index (χ2v) is 14.6. The normalized spacial score (nSPS) is 14.8. The molecule has 2 atom stereocenters. The van der Waals surface area contributed by atoms with Crippen LogP contribution in [0, 0.1) is 0 Å². The number of hydrogen-bond acceptors (Lipinski definition) is 5. The fourth-order valence-electron chi connectivity index (χ4n) is 7.36. The number of thioether (sulfide) groups is 1. The monoisotopic (exact) mass is 726 g/mol. The van der Waals surface area contributed by atoms with Crippen LogP contribution in [0.4, 0.5) is 34.1 Å². The summed E-state index contributed by atoms with van der Waals surface area (Å²) in [5.74, 6) is 0.252. The maximum atomic E-state index is 4.45. The van der Waals surface area contributed by atoms with Crippen molar-refractivity contribution in [2.75, 3.05) is 9.80 Å². The molecule has 9 rings (SSSR count). The van der Waals surface area contributed by atoms with E-state index in [9.17, 15) is 0 Å². The van der Waals surface area contributed by atoms with Gasteiger partial charge in [-0.25, -0.2) is 0 Å². The Morgan fingerprint density at radius 3 is 1.18 bits per heavy atom. The number of anilines is 6. The lowest BCUT2D eigenvalue weighted by Gasteiger charge is -2.27. The Morgan fingerprint density at radius 2 is 0.764 bits per heavy atom. The van der Waals surface area contributed by atoms with Gasteiger partial charge in [0.15, 0.2) is 0 Å². The second kappa shape index (κ2) is 15.7. The fourth-order valence-corrected chi connectivity index (χ4v) is 8.52. The van der Waals surface area contributed by atoms with E-state index in [0.29, 0.717) is 0 Å². The van der Waals surface area contributed by atoms with Crippen molar-refractivity contribution in [3.05, 3.63) is 229 Å². The van der Waals surface area contributed by atoms with Crippen LogP contribution in [0.3, 0.4) is 0 Å². The smallest absolute Gasteiger partial charge is 0.0644 e. The summed E-state index contributed by atoms with van der Waals surface area (Å²) >= 11 is 1.89. The van der Waals surface area contributed by atoms with Crippen molar-refractivity contribution in [2.24, 2.45) is 0 Å². The number of rotatable bonds is 10. The third-order valence-electron chi connectivity index (χ3n) is 10.1. The molecule has 55 heavy (non-hydrogen) atoms. The highest BCUT2D eigenvalue weighted by Gasteiger charge is 2.27. The molecule has 5 heteroatoms. The first-order valence-corrected chi connectivity index (χ1v) is 19.5. The lowest BCUT2D eigenvalue weighted by Crippen LogP contribution is -2.11. The summed E-state index contributed by atoms with van der Waals surface area (Å²) in [6, 6.07) is 64.8. The Balaban J connectivity index is 0.971. The van der Waals surface area contributed by atoms with E-state index in [1.54, 1.807) is 0 Å². The molecule has 3 heterocycles. The average molecular weight is 727 g/mol. The lowest BCUT2D eigenvalue weighted by atomic mass is 9.91. The highest BCUT2D eigenvalue weighted by molar-refractivity contribution is 8.02. The molecule has 0 saturated carbocycles. The quantitative estimate of drug-likeness (QED) is 0.140. The molecule has 0 saturated heterocycles.